The largest absolute Gasteiger partial charge is 0.507 e. The first-order chi connectivity index (χ1) is 18.3. The van der Waals surface area contributed by atoms with Gasteiger partial charge in [0.2, 0.25) is 0 Å². The molecule has 1 aliphatic rings. The molecule has 0 spiro atoms. The molecule has 1 atom stereocenters. The van der Waals surface area contributed by atoms with Gasteiger partial charge in [-0.1, -0.05) is 58.0 Å². The molecule has 0 aliphatic carbocycles. The van der Waals surface area contributed by atoms with Gasteiger partial charge in [0.1, 0.15) is 17.3 Å². The van der Waals surface area contributed by atoms with Gasteiger partial charge in [-0.3, -0.25) is 14.5 Å². The van der Waals surface area contributed by atoms with Crippen LogP contribution >= 0.6 is 0 Å². The number of carbonyl (C=O) groups is 2. The summed E-state index contributed by atoms with van der Waals surface area (Å²) in [7, 11) is 0. The van der Waals surface area contributed by atoms with Gasteiger partial charge in [-0.25, -0.2) is 0 Å². The molecule has 198 valence electrons. The summed E-state index contributed by atoms with van der Waals surface area (Å²) in [5.74, 6) is 0.0237. The van der Waals surface area contributed by atoms with Gasteiger partial charge in [0.25, 0.3) is 11.7 Å². The number of anilines is 1. The topological polar surface area (TPSA) is 76.1 Å². The van der Waals surface area contributed by atoms with Crippen LogP contribution in [0.4, 0.5) is 5.69 Å². The Labute approximate surface area is 224 Å². The second-order valence-corrected chi connectivity index (χ2v) is 9.84. The Morgan fingerprint density at radius 3 is 2.26 bits per heavy atom. The first-order valence-corrected chi connectivity index (χ1v) is 13.2. The number of aliphatic hydroxyl groups is 1. The molecule has 1 saturated heterocycles. The summed E-state index contributed by atoms with van der Waals surface area (Å²) in [6, 6.07) is 21.1. The predicted molar refractivity (Wildman–Crippen MR) is 150 cm³/mol. The van der Waals surface area contributed by atoms with Crippen molar-refractivity contribution in [3.63, 3.8) is 0 Å². The van der Waals surface area contributed by atoms with E-state index in [0.717, 1.165) is 24.0 Å². The summed E-state index contributed by atoms with van der Waals surface area (Å²) in [5, 5.41) is 11.4. The maximum Gasteiger partial charge on any atom is 0.300 e. The minimum atomic E-state index is -0.792. The molecular formula is C32H35NO5. The maximum absolute atomic E-state index is 13.5. The Morgan fingerprint density at radius 2 is 1.63 bits per heavy atom. The van der Waals surface area contributed by atoms with Gasteiger partial charge >= 0.3 is 0 Å². The molecule has 0 aromatic heterocycles. The van der Waals surface area contributed by atoms with Crippen molar-refractivity contribution < 1.29 is 24.2 Å². The number of hydrogen-bond acceptors (Lipinski definition) is 5. The van der Waals surface area contributed by atoms with E-state index >= 15 is 0 Å². The number of amides is 1. The van der Waals surface area contributed by atoms with Crippen molar-refractivity contribution in [3.05, 3.63) is 95.1 Å². The third kappa shape index (κ3) is 5.75. The van der Waals surface area contributed by atoms with E-state index in [2.05, 4.69) is 20.8 Å². The van der Waals surface area contributed by atoms with Gasteiger partial charge < -0.3 is 14.6 Å². The third-order valence-electron chi connectivity index (χ3n) is 6.43. The monoisotopic (exact) mass is 513 g/mol. The number of ketones is 1. The van der Waals surface area contributed by atoms with Crippen molar-refractivity contribution in [1.29, 1.82) is 0 Å². The second kappa shape index (κ2) is 12.0. The minimum Gasteiger partial charge on any atom is -0.507 e. The van der Waals surface area contributed by atoms with E-state index in [1.54, 1.807) is 42.5 Å². The Kier molecular flexibility index (Phi) is 8.52. The molecule has 3 aromatic rings. The van der Waals surface area contributed by atoms with Crippen LogP contribution in [0.5, 0.6) is 11.5 Å². The molecule has 0 saturated carbocycles. The van der Waals surface area contributed by atoms with Crippen molar-refractivity contribution in [3.8, 4) is 11.5 Å². The highest BCUT2D eigenvalue weighted by atomic mass is 16.5. The lowest BCUT2D eigenvalue weighted by molar-refractivity contribution is -0.132. The van der Waals surface area contributed by atoms with Crippen LogP contribution in [-0.2, 0) is 16.0 Å². The number of aryl methyl sites for hydroxylation is 1. The lowest BCUT2D eigenvalue weighted by atomic mass is 9.94. The fourth-order valence-electron chi connectivity index (χ4n) is 4.42. The smallest absolute Gasteiger partial charge is 0.300 e. The number of hydrogen-bond donors (Lipinski definition) is 1. The average Bonchev–Trinajstić information content (AvgIpc) is 3.20. The van der Waals surface area contributed by atoms with Crippen LogP contribution in [0, 0.1) is 5.92 Å². The molecule has 4 rings (SSSR count). The lowest BCUT2D eigenvalue weighted by Crippen LogP contribution is -2.29. The van der Waals surface area contributed by atoms with E-state index in [9.17, 15) is 14.7 Å². The van der Waals surface area contributed by atoms with E-state index < -0.39 is 17.7 Å². The van der Waals surface area contributed by atoms with Crippen LogP contribution < -0.4 is 14.4 Å². The molecule has 3 aromatic carbocycles. The molecular weight excluding hydrogens is 478 g/mol. The average molecular weight is 514 g/mol. The number of nitrogens with zero attached hydrogens (tertiary/aromatic N) is 1. The van der Waals surface area contributed by atoms with E-state index in [4.69, 9.17) is 9.47 Å². The number of ether oxygens (including phenoxy) is 2. The molecule has 1 N–H and O–H groups in total. The Balaban J connectivity index is 1.80. The van der Waals surface area contributed by atoms with Gasteiger partial charge in [0.05, 0.1) is 24.8 Å². The highest BCUT2D eigenvalue weighted by molar-refractivity contribution is 6.51. The summed E-state index contributed by atoms with van der Waals surface area (Å²) < 4.78 is 11.5. The maximum atomic E-state index is 13.5. The van der Waals surface area contributed by atoms with Crippen molar-refractivity contribution in [2.24, 2.45) is 5.92 Å². The van der Waals surface area contributed by atoms with Crippen LogP contribution in [-0.4, -0.2) is 30.0 Å². The molecule has 1 aliphatic heterocycles. The molecule has 6 heteroatoms. The standard InChI is InChI=1S/C32H35NO5/c1-5-18-37-27-9-7-8-25(19-27)33-29(23-12-10-22(6-2)11-13-23)28(31(35)32(33)36)30(34)24-14-16-26(17-15-24)38-20-21(3)4/h7-17,19,21,29,34H,5-6,18,20H2,1-4H3/b30-28+. The van der Waals surface area contributed by atoms with E-state index in [1.165, 1.54) is 4.90 Å². The van der Waals surface area contributed by atoms with Crippen molar-refractivity contribution >= 4 is 23.1 Å². The normalized spacial score (nSPS) is 16.8. The number of aliphatic hydroxyl groups excluding tert-OH is 1. The van der Waals surface area contributed by atoms with Gasteiger partial charge in [-0.15, -0.1) is 0 Å². The molecule has 1 heterocycles. The second-order valence-electron chi connectivity index (χ2n) is 9.84. The highest BCUT2D eigenvalue weighted by Crippen LogP contribution is 2.43. The summed E-state index contributed by atoms with van der Waals surface area (Å²) in [6.07, 6.45) is 1.71. The zero-order valence-electron chi connectivity index (χ0n) is 22.4. The SMILES string of the molecule is CCCOc1cccc(N2C(=O)C(=O)/C(=C(/O)c3ccc(OCC(C)C)cc3)C2c2ccc(CC)cc2)c1. The van der Waals surface area contributed by atoms with Crippen LogP contribution in [0.3, 0.4) is 0 Å². The van der Waals surface area contributed by atoms with Crippen LogP contribution in [0.25, 0.3) is 5.76 Å². The zero-order chi connectivity index (χ0) is 27.2. The minimum absolute atomic E-state index is 0.0509. The van der Waals surface area contributed by atoms with Gasteiger partial charge in [0, 0.05) is 17.3 Å². The quantitative estimate of drug-likeness (QED) is 0.185. The summed E-state index contributed by atoms with van der Waals surface area (Å²) in [6.45, 7) is 9.34. The van der Waals surface area contributed by atoms with Crippen LogP contribution in [0.15, 0.2) is 78.4 Å². The fourth-order valence-corrected chi connectivity index (χ4v) is 4.42. The molecule has 6 nitrogen and oxygen atoms in total. The predicted octanol–water partition coefficient (Wildman–Crippen LogP) is 6.70. The Bertz CT molecular complexity index is 1310. The first kappa shape index (κ1) is 27.0. The van der Waals surface area contributed by atoms with E-state index in [1.807, 2.05) is 37.3 Å². The molecule has 0 bridgehead atoms. The zero-order valence-corrected chi connectivity index (χ0v) is 22.4. The summed E-state index contributed by atoms with van der Waals surface area (Å²) >= 11 is 0. The van der Waals surface area contributed by atoms with Crippen LogP contribution in [0.1, 0.15) is 56.8 Å². The van der Waals surface area contributed by atoms with E-state index in [0.29, 0.717) is 41.9 Å². The number of carbonyl (C=O) groups excluding carboxylic acids is 2. The summed E-state index contributed by atoms with van der Waals surface area (Å²) in [5.41, 5.74) is 2.89. The Hall–Kier alpha value is -4.06. The van der Waals surface area contributed by atoms with Gasteiger partial charge in [0.15, 0.2) is 0 Å². The molecule has 38 heavy (non-hydrogen) atoms. The highest BCUT2D eigenvalue weighted by Gasteiger charge is 2.47. The lowest BCUT2D eigenvalue weighted by Gasteiger charge is -2.26. The molecule has 0 radical (unpaired) electrons. The van der Waals surface area contributed by atoms with Crippen LogP contribution in [0.2, 0.25) is 0 Å². The first-order valence-electron chi connectivity index (χ1n) is 13.2. The van der Waals surface area contributed by atoms with Gasteiger partial charge in [-0.2, -0.15) is 0 Å². The van der Waals surface area contributed by atoms with E-state index in [-0.39, 0.29) is 11.3 Å². The summed E-state index contributed by atoms with van der Waals surface area (Å²) in [4.78, 5) is 28.4. The van der Waals surface area contributed by atoms with Crippen molar-refractivity contribution in [2.45, 2.75) is 46.6 Å². The molecule has 1 unspecified atom stereocenters. The number of Topliss-reactive ketones (excluding diaryl/α,β-unsaturated/α-hetero) is 1. The molecule has 1 amide bonds. The molecule has 1 fully saturated rings. The number of rotatable bonds is 10. The third-order valence-corrected chi connectivity index (χ3v) is 6.43. The van der Waals surface area contributed by atoms with Crippen molar-refractivity contribution in [1.82, 2.24) is 0 Å². The number of benzene rings is 3. The van der Waals surface area contributed by atoms with Gasteiger partial charge in [-0.05, 0) is 66.3 Å². The fraction of sp³-hybridized carbons (Fsp3) is 0.312. The Morgan fingerprint density at radius 1 is 0.921 bits per heavy atom. The van der Waals surface area contributed by atoms with Crippen molar-refractivity contribution in [2.75, 3.05) is 18.1 Å².